The lowest BCUT2D eigenvalue weighted by Gasteiger charge is -2.34. The van der Waals surface area contributed by atoms with Gasteiger partial charge in [0.25, 0.3) is 0 Å². The molecule has 2 N–H and O–H groups in total. The van der Waals surface area contributed by atoms with Crippen molar-refractivity contribution in [1.29, 1.82) is 0 Å². The zero-order chi connectivity index (χ0) is 21.8. The van der Waals surface area contributed by atoms with Gasteiger partial charge in [-0.2, -0.15) is 0 Å². The first kappa shape index (κ1) is 21.2. The van der Waals surface area contributed by atoms with Gasteiger partial charge in [-0.05, 0) is 37.1 Å². The van der Waals surface area contributed by atoms with Crippen molar-refractivity contribution in [2.24, 2.45) is 0 Å². The van der Waals surface area contributed by atoms with Gasteiger partial charge in [-0.1, -0.05) is 6.07 Å². The van der Waals surface area contributed by atoms with Crippen LogP contribution in [-0.4, -0.2) is 67.7 Å². The molecule has 1 aromatic heterocycles. The van der Waals surface area contributed by atoms with Crippen LogP contribution < -0.4 is 25.0 Å². The number of benzene rings is 1. The van der Waals surface area contributed by atoms with Crippen molar-refractivity contribution in [3.05, 3.63) is 35.7 Å². The Morgan fingerprint density at radius 3 is 2.77 bits per heavy atom. The molecule has 1 unspecified atom stereocenters. The number of fused-ring (bicyclic) bond motifs is 1. The van der Waals surface area contributed by atoms with E-state index in [1.54, 1.807) is 20.5 Å². The van der Waals surface area contributed by atoms with E-state index in [1.807, 2.05) is 35.0 Å². The Balaban J connectivity index is 1.58. The Kier molecular flexibility index (Phi) is 6.41. The fourth-order valence-corrected chi connectivity index (χ4v) is 4.27. The largest absolute Gasteiger partial charge is 0.493 e. The fraction of sp³-hybridized carbons (Fsp3) is 0.500. The first-order valence-electron chi connectivity index (χ1n) is 10.6. The Morgan fingerprint density at radius 1 is 1.19 bits per heavy atom. The maximum Gasteiger partial charge on any atom is 0.242 e. The normalized spacial score (nSPS) is 18.9. The van der Waals surface area contributed by atoms with Crippen LogP contribution >= 0.6 is 0 Å². The number of carbonyl (C=O) groups is 1. The van der Waals surface area contributed by atoms with E-state index in [0.29, 0.717) is 31.1 Å². The molecule has 1 atom stereocenters. The average Bonchev–Trinajstić information content (AvgIpc) is 2.94. The second-order valence-electron chi connectivity index (χ2n) is 7.95. The first-order valence-corrected chi connectivity index (χ1v) is 10.6. The smallest absolute Gasteiger partial charge is 0.242 e. The summed E-state index contributed by atoms with van der Waals surface area (Å²) in [6.07, 6.45) is 3.64. The number of aromatic nitrogens is 2. The molecule has 31 heavy (non-hydrogen) atoms. The zero-order valence-electron chi connectivity index (χ0n) is 18.4. The number of piperidine rings is 1. The van der Waals surface area contributed by atoms with Gasteiger partial charge in [-0.15, -0.1) is 0 Å². The highest BCUT2D eigenvalue weighted by atomic mass is 16.5. The Labute approximate surface area is 182 Å². The van der Waals surface area contributed by atoms with Crippen molar-refractivity contribution in [2.45, 2.75) is 32.0 Å². The molecule has 166 valence electrons. The lowest BCUT2D eigenvalue weighted by molar-refractivity contribution is -0.132. The van der Waals surface area contributed by atoms with Crippen LogP contribution in [0.3, 0.4) is 0 Å². The fourth-order valence-electron chi connectivity index (χ4n) is 4.27. The molecule has 2 aromatic rings. The van der Waals surface area contributed by atoms with E-state index in [4.69, 9.17) is 9.47 Å². The van der Waals surface area contributed by atoms with E-state index in [0.717, 1.165) is 48.7 Å². The summed E-state index contributed by atoms with van der Waals surface area (Å²) in [7, 11) is 5.16. The summed E-state index contributed by atoms with van der Waals surface area (Å²) in [6.45, 7) is 3.21. The minimum atomic E-state index is 0.125. The van der Waals surface area contributed by atoms with E-state index >= 15 is 0 Å². The highest BCUT2D eigenvalue weighted by molar-refractivity contribution is 5.84. The first-order chi connectivity index (χ1) is 15.1. The number of hydrogen-bond acceptors (Lipinski definition) is 8. The zero-order valence-corrected chi connectivity index (χ0v) is 18.4. The van der Waals surface area contributed by atoms with E-state index in [-0.39, 0.29) is 11.9 Å². The molecule has 0 saturated carbocycles. The summed E-state index contributed by atoms with van der Waals surface area (Å²) >= 11 is 0. The number of ether oxygens (including phenoxy) is 2. The Bertz CT molecular complexity index is 931. The van der Waals surface area contributed by atoms with Gasteiger partial charge in [0, 0.05) is 26.2 Å². The number of hydrogen-bond donors (Lipinski definition) is 2. The Morgan fingerprint density at radius 2 is 2.03 bits per heavy atom. The van der Waals surface area contributed by atoms with Gasteiger partial charge in [0.15, 0.2) is 11.5 Å². The quantitative estimate of drug-likeness (QED) is 0.720. The van der Waals surface area contributed by atoms with E-state index in [1.165, 1.54) is 0 Å². The highest BCUT2D eigenvalue weighted by Gasteiger charge is 2.32. The molecule has 1 aromatic carbocycles. The third-order valence-corrected chi connectivity index (χ3v) is 5.92. The predicted octanol–water partition coefficient (Wildman–Crippen LogP) is 1.64. The summed E-state index contributed by atoms with van der Waals surface area (Å²) < 4.78 is 10.7. The van der Waals surface area contributed by atoms with Crippen LogP contribution in [0, 0.1) is 0 Å². The molecule has 1 saturated heterocycles. The number of nitrogens with zero attached hydrogens (tertiary/aromatic N) is 4. The van der Waals surface area contributed by atoms with Crippen molar-refractivity contribution >= 4 is 17.5 Å². The van der Waals surface area contributed by atoms with Crippen molar-refractivity contribution in [1.82, 2.24) is 20.2 Å². The van der Waals surface area contributed by atoms with E-state index in [2.05, 4.69) is 20.6 Å². The van der Waals surface area contributed by atoms with Gasteiger partial charge in [0.2, 0.25) is 5.91 Å². The topological polar surface area (TPSA) is 91.8 Å². The molecule has 2 aliphatic rings. The third kappa shape index (κ3) is 4.51. The van der Waals surface area contributed by atoms with E-state index in [9.17, 15) is 4.79 Å². The number of nitrogens with one attached hydrogen (secondary N) is 2. The molecule has 0 bridgehead atoms. The van der Waals surface area contributed by atoms with Crippen LogP contribution in [0.2, 0.25) is 0 Å². The molecule has 0 radical (unpaired) electrons. The van der Waals surface area contributed by atoms with Gasteiger partial charge < -0.3 is 29.9 Å². The SMILES string of the molecule is COc1ccc(CNc2ncnc3c2CN(C2CCCNC2)C(=O)CN3C)cc1OC. The molecular formula is C22H30N6O3. The number of rotatable bonds is 6. The van der Waals surface area contributed by atoms with Gasteiger partial charge >= 0.3 is 0 Å². The van der Waals surface area contributed by atoms with E-state index < -0.39 is 0 Å². The van der Waals surface area contributed by atoms with Crippen LogP contribution in [0.4, 0.5) is 11.6 Å². The van der Waals surface area contributed by atoms with Crippen LogP contribution in [0.1, 0.15) is 24.0 Å². The molecular weight excluding hydrogens is 396 g/mol. The molecule has 1 amide bonds. The summed E-state index contributed by atoms with van der Waals surface area (Å²) in [5, 5.41) is 6.85. The van der Waals surface area contributed by atoms with Crippen LogP contribution in [0.25, 0.3) is 0 Å². The lowest BCUT2D eigenvalue weighted by atomic mass is 10.0. The number of anilines is 2. The summed E-state index contributed by atoms with van der Waals surface area (Å²) in [4.78, 5) is 25.9. The molecule has 9 nitrogen and oxygen atoms in total. The van der Waals surface area contributed by atoms with Gasteiger partial charge in [0.1, 0.15) is 18.0 Å². The molecule has 2 aliphatic heterocycles. The standard InChI is InChI=1S/C22H30N6O3/c1-27-13-20(29)28(16-5-4-8-23-11-16)12-17-21(25-14-26-22(17)27)24-10-15-6-7-18(30-2)19(9-15)31-3/h6-7,9,14,16,23H,4-5,8,10-13H2,1-3H3,(H,24,25,26). The highest BCUT2D eigenvalue weighted by Crippen LogP contribution is 2.31. The minimum absolute atomic E-state index is 0.125. The number of likely N-dealkylation sites (N-methyl/N-ethyl adjacent to an activating group) is 1. The number of methoxy groups -OCH3 is 2. The van der Waals surface area contributed by atoms with Crippen LogP contribution in [0.15, 0.2) is 24.5 Å². The van der Waals surface area contributed by atoms with Gasteiger partial charge in [0.05, 0.1) is 32.9 Å². The number of carbonyl (C=O) groups excluding carboxylic acids is 1. The van der Waals surface area contributed by atoms with Crippen molar-refractivity contribution in [3.8, 4) is 11.5 Å². The Hall–Kier alpha value is -3.07. The monoisotopic (exact) mass is 426 g/mol. The number of amides is 1. The lowest BCUT2D eigenvalue weighted by Crippen LogP contribution is -2.49. The van der Waals surface area contributed by atoms with Crippen LogP contribution in [0.5, 0.6) is 11.5 Å². The van der Waals surface area contributed by atoms with Gasteiger partial charge in [-0.3, -0.25) is 4.79 Å². The van der Waals surface area contributed by atoms with Crippen LogP contribution in [-0.2, 0) is 17.9 Å². The predicted molar refractivity (Wildman–Crippen MR) is 119 cm³/mol. The van der Waals surface area contributed by atoms with Crippen molar-refractivity contribution in [2.75, 3.05) is 51.1 Å². The molecule has 3 heterocycles. The third-order valence-electron chi connectivity index (χ3n) is 5.92. The second kappa shape index (κ2) is 9.38. The molecule has 4 rings (SSSR count). The minimum Gasteiger partial charge on any atom is -0.493 e. The van der Waals surface area contributed by atoms with Crippen molar-refractivity contribution in [3.63, 3.8) is 0 Å². The molecule has 9 heteroatoms. The second-order valence-corrected chi connectivity index (χ2v) is 7.95. The van der Waals surface area contributed by atoms with Gasteiger partial charge in [-0.25, -0.2) is 9.97 Å². The van der Waals surface area contributed by atoms with Crippen molar-refractivity contribution < 1.29 is 14.3 Å². The molecule has 1 fully saturated rings. The molecule has 0 aliphatic carbocycles. The summed E-state index contributed by atoms with van der Waals surface area (Å²) in [5.41, 5.74) is 1.98. The maximum absolute atomic E-state index is 13.0. The molecule has 0 spiro atoms. The summed E-state index contributed by atoms with van der Waals surface area (Å²) in [6, 6.07) is 6.02. The average molecular weight is 427 g/mol. The summed E-state index contributed by atoms with van der Waals surface area (Å²) in [5.74, 6) is 3.04. The maximum atomic E-state index is 13.0.